The van der Waals surface area contributed by atoms with Crippen LogP contribution in [0.1, 0.15) is 74.8 Å². The van der Waals surface area contributed by atoms with Crippen molar-refractivity contribution < 1.29 is 14.3 Å². The molecular formula is C23H31NO3. The van der Waals surface area contributed by atoms with E-state index in [-0.39, 0.29) is 5.92 Å². The molecule has 4 aliphatic rings. The molecule has 27 heavy (non-hydrogen) atoms. The molecule has 1 aromatic carbocycles. The molecule has 0 amide bonds. The maximum Gasteiger partial charge on any atom is 0.213 e. The predicted molar refractivity (Wildman–Crippen MR) is 104 cm³/mol. The Balaban J connectivity index is 1.24. The van der Waals surface area contributed by atoms with Crippen molar-refractivity contribution >= 4 is 6.29 Å². The SMILES string of the molecule is O=CC1CCC(c2ccc3c(c2)COC2(CCN(C4CCC4)CC2)O3)CC1. The minimum Gasteiger partial charge on any atom is -0.462 e. The Morgan fingerprint density at radius 1 is 1.04 bits per heavy atom. The van der Waals surface area contributed by atoms with Gasteiger partial charge in [0.1, 0.15) is 12.0 Å². The lowest BCUT2D eigenvalue weighted by molar-refractivity contribution is -0.231. The molecule has 0 bridgehead atoms. The number of aldehydes is 1. The second-order valence-electron chi connectivity index (χ2n) is 9.04. The third-order valence-electron chi connectivity index (χ3n) is 7.46. The van der Waals surface area contributed by atoms with Gasteiger partial charge in [-0.25, -0.2) is 0 Å². The normalized spacial score (nSPS) is 31.0. The number of ether oxygens (including phenoxy) is 2. The van der Waals surface area contributed by atoms with Gasteiger partial charge in [-0.3, -0.25) is 4.90 Å². The van der Waals surface area contributed by atoms with E-state index in [4.69, 9.17) is 9.47 Å². The predicted octanol–water partition coefficient (Wildman–Crippen LogP) is 4.41. The molecule has 1 aromatic rings. The van der Waals surface area contributed by atoms with Gasteiger partial charge in [0.15, 0.2) is 0 Å². The Hall–Kier alpha value is -1.39. The van der Waals surface area contributed by atoms with Crippen LogP contribution in [0.5, 0.6) is 5.75 Å². The first-order valence-electron chi connectivity index (χ1n) is 10.9. The first-order chi connectivity index (χ1) is 13.2. The summed E-state index contributed by atoms with van der Waals surface area (Å²) in [7, 11) is 0. The number of benzene rings is 1. The number of fused-ring (bicyclic) bond motifs is 1. The molecule has 2 aliphatic heterocycles. The summed E-state index contributed by atoms with van der Waals surface area (Å²) in [4.78, 5) is 13.6. The largest absolute Gasteiger partial charge is 0.462 e. The summed E-state index contributed by atoms with van der Waals surface area (Å²) in [6.07, 6.45) is 11.5. The highest BCUT2D eigenvalue weighted by atomic mass is 16.7. The average molecular weight is 370 g/mol. The van der Waals surface area contributed by atoms with Crippen molar-refractivity contribution in [3.05, 3.63) is 29.3 Å². The highest BCUT2D eigenvalue weighted by Crippen LogP contribution is 2.42. The fourth-order valence-electron chi connectivity index (χ4n) is 5.32. The summed E-state index contributed by atoms with van der Waals surface area (Å²) in [5, 5.41) is 0. The van der Waals surface area contributed by atoms with E-state index in [0.717, 1.165) is 69.7 Å². The molecule has 0 unspecified atom stereocenters. The highest BCUT2D eigenvalue weighted by molar-refractivity contribution is 5.53. The van der Waals surface area contributed by atoms with E-state index in [1.807, 2.05) is 0 Å². The van der Waals surface area contributed by atoms with Crippen molar-refractivity contribution in [2.75, 3.05) is 13.1 Å². The molecule has 0 radical (unpaired) electrons. The quantitative estimate of drug-likeness (QED) is 0.740. The molecule has 1 saturated heterocycles. The van der Waals surface area contributed by atoms with Crippen molar-refractivity contribution in [3.8, 4) is 5.75 Å². The van der Waals surface area contributed by atoms with Gasteiger partial charge in [0, 0.05) is 43.5 Å². The molecule has 0 aromatic heterocycles. The van der Waals surface area contributed by atoms with Crippen LogP contribution < -0.4 is 4.74 Å². The summed E-state index contributed by atoms with van der Waals surface area (Å²) in [6.45, 7) is 2.85. The van der Waals surface area contributed by atoms with Crippen LogP contribution in [-0.2, 0) is 16.1 Å². The van der Waals surface area contributed by atoms with E-state index in [0.29, 0.717) is 12.5 Å². The third-order valence-corrected chi connectivity index (χ3v) is 7.46. The summed E-state index contributed by atoms with van der Waals surface area (Å²) in [5.41, 5.74) is 2.58. The van der Waals surface area contributed by atoms with Gasteiger partial charge >= 0.3 is 0 Å². The standard InChI is InChI=1S/C23H31NO3/c25-15-17-4-6-18(7-5-17)19-8-9-22-20(14-19)16-26-23(27-22)10-12-24(13-11-23)21-2-1-3-21/h8-9,14-15,17-18,21H,1-7,10-13,16H2. The summed E-state index contributed by atoms with van der Waals surface area (Å²) >= 11 is 0. The first kappa shape index (κ1) is 17.7. The molecule has 146 valence electrons. The lowest BCUT2D eigenvalue weighted by atomic mass is 9.79. The van der Waals surface area contributed by atoms with E-state index in [2.05, 4.69) is 23.1 Å². The van der Waals surface area contributed by atoms with Gasteiger partial charge < -0.3 is 14.3 Å². The lowest BCUT2D eigenvalue weighted by Crippen LogP contribution is -2.54. The fraction of sp³-hybridized carbons (Fsp3) is 0.696. The maximum atomic E-state index is 11.0. The molecule has 4 nitrogen and oxygen atoms in total. The zero-order valence-corrected chi connectivity index (χ0v) is 16.2. The maximum absolute atomic E-state index is 11.0. The van der Waals surface area contributed by atoms with E-state index in [9.17, 15) is 4.79 Å². The van der Waals surface area contributed by atoms with Gasteiger partial charge in [-0.05, 0) is 62.1 Å². The van der Waals surface area contributed by atoms with Crippen LogP contribution in [0.2, 0.25) is 0 Å². The van der Waals surface area contributed by atoms with Gasteiger partial charge in [0.2, 0.25) is 5.79 Å². The van der Waals surface area contributed by atoms with Crippen molar-refractivity contribution in [2.45, 2.75) is 82.1 Å². The van der Waals surface area contributed by atoms with Crippen LogP contribution in [0.25, 0.3) is 0 Å². The fourth-order valence-corrected chi connectivity index (χ4v) is 5.32. The first-order valence-corrected chi connectivity index (χ1v) is 10.9. The Labute approximate surface area is 162 Å². The van der Waals surface area contributed by atoms with Crippen LogP contribution >= 0.6 is 0 Å². The molecule has 2 heterocycles. The number of hydrogen-bond acceptors (Lipinski definition) is 4. The van der Waals surface area contributed by atoms with Gasteiger partial charge in [-0.15, -0.1) is 0 Å². The Bertz CT molecular complexity index is 683. The number of nitrogens with zero attached hydrogens (tertiary/aromatic N) is 1. The molecule has 3 fully saturated rings. The molecule has 0 atom stereocenters. The zero-order valence-electron chi connectivity index (χ0n) is 16.2. The second kappa shape index (κ2) is 7.21. The van der Waals surface area contributed by atoms with Crippen LogP contribution in [0, 0.1) is 5.92 Å². The van der Waals surface area contributed by atoms with E-state index in [1.165, 1.54) is 30.4 Å². The molecule has 1 spiro atoms. The molecule has 0 N–H and O–H groups in total. The number of hydrogen-bond donors (Lipinski definition) is 0. The average Bonchev–Trinajstić information content (AvgIpc) is 2.68. The van der Waals surface area contributed by atoms with Crippen molar-refractivity contribution in [1.29, 1.82) is 0 Å². The van der Waals surface area contributed by atoms with E-state index >= 15 is 0 Å². The van der Waals surface area contributed by atoms with Gasteiger partial charge in [-0.1, -0.05) is 12.5 Å². The number of rotatable bonds is 3. The minimum atomic E-state index is -0.406. The van der Waals surface area contributed by atoms with E-state index < -0.39 is 5.79 Å². The second-order valence-corrected chi connectivity index (χ2v) is 9.04. The Kier molecular flexibility index (Phi) is 4.73. The van der Waals surface area contributed by atoms with Crippen molar-refractivity contribution in [3.63, 3.8) is 0 Å². The summed E-state index contributed by atoms with van der Waals surface area (Å²) < 4.78 is 12.7. The molecule has 4 heteroatoms. The molecule has 2 aliphatic carbocycles. The Morgan fingerprint density at radius 3 is 2.48 bits per heavy atom. The van der Waals surface area contributed by atoms with Crippen LogP contribution in [0.3, 0.4) is 0 Å². The minimum absolute atomic E-state index is 0.274. The number of piperidine rings is 1. The summed E-state index contributed by atoms with van der Waals surface area (Å²) in [6, 6.07) is 7.51. The summed E-state index contributed by atoms with van der Waals surface area (Å²) in [5.74, 6) is 1.46. The van der Waals surface area contributed by atoms with Crippen LogP contribution in [0.15, 0.2) is 18.2 Å². The number of likely N-dealkylation sites (tertiary alicyclic amines) is 1. The monoisotopic (exact) mass is 369 g/mol. The smallest absolute Gasteiger partial charge is 0.213 e. The number of carbonyl (C=O) groups is 1. The van der Waals surface area contributed by atoms with Crippen LogP contribution in [0.4, 0.5) is 0 Å². The van der Waals surface area contributed by atoms with Crippen molar-refractivity contribution in [1.82, 2.24) is 4.90 Å². The number of carbonyl (C=O) groups excluding carboxylic acids is 1. The van der Waals surface area contributed by atoms with Gasteiger partial charge in [-0.2, -0.15) is 0 Å². The molecule has 5 rings (SSSR count). The lowest BCUT2D eigenvalue weighted by Gasteiger charge is -2.47. The zero-order chi connectivity index (χ0) is 18.3. The molecule has 2 saturated carbocycles. The van der Waals surface area contributed by atoms with Crippen LogP contribution in [-0.4, -0.2) is 36.1 Å². The van der Waals surface area contributed by atoms with Crippen molar-refractivity contribution in [2.24, 2.45) is 5.92 Å². The topological polar surface area (TPSA) is 38.8 Å². The highest BCUT2D eigenvalue weighted by Gasteiger charge is 2.42. The van der Waals surface area contributed by atoms with Gasteiger partial charge in [0.25, 0.3) is 0 Å². The van der Waals surface area contributed by atoms with E-state index in [1.54, 1.807) is 0 Å². The third kappa shape index (κ3) is 3.42. The molecular weight excluding hydrogens is 338 g/mol. The Morgan fingerprint density at radius 2 is 1.81 bits per heavy atom. The van der Waals surface area contributed by atoms with Gasteiger partial charge in [0.05, 0.1) is 6.61 Å².